The van der Waals surface area contributed by atoms with Crippen LogP contribution in [0.1, 0.15) is 16.3 Å². The van der Waals surface area contributed by atoms with Gasteiger partial charge in [0, 0.05) is 24.1 Å². The fourth-order valence-corrected chi connectivity index (χ4v) is 3.56. The Kier molecular flexibility index (Phi) is 8.04. The largest absolute Gasteiger partial charge is 0.486 e. The molecule has 0 radical (unpaired) electrons. The van der Waals surface area contributed by atoms with Gasteiger partial charge in [-0.3, -0.25) is 4.79 Å². The number of thiazole rings is 1. The molecule has 3 rings (SSSR count). The summed E-state index contributed by atoms with van der Waals surface area (Å²) in [5.74, 6) is 0.797. The molecule has 0 fully saturated rings. The lowest BCUT2D eigenvalue weighted by molar-refractivity contribution is -0.131. The molecule has 0 bridgehead atoms. The molecule has 2 aromatic carbocycles. The van der Waals surface area contributed by atoms with Gasteiger partial charge in [0.2, 0.25) is 5.91 Å². The molecule has 1 amide bonds. The van der Waals surface area contributed by atoms with Crippen LogP contribution in [0.3, 0.4) is 0 Å². The Balaban J connectivity index is 1.58. The Morgan fingerprint density at radius 1 is 1.14 bits per heavy atom. The molecule has 0 aliphatic heterocycles. The van der Waals surface area contributed by atoms with E-state index in [2.05, 4.69) is 4.98 Å². The Morgan fingerprint density at radius 2 is 1.90 bits per heavy atom. The molecule has 0 spiro atoms. The van der Waals surface area contributed by atoms with Crippen LogP contribution < -0.4 is 4.74 Å². The number of ether oxygens (including phenoxy) is 2. The monoisotopic (exact) mass is 430 g/mol. The fraction of sp³-hybridized carbons (Fsp3) is 0.273. The Hall–Kier alpha value is -2.41. The van der Waals surface area contributed by atoms with Crippen LogP contribution in [0.2, 0.25) is 5.02 Å². The number of hydrogen-bond acceptors (Lipinski definition) is 5. The maximum Gasteiger partial charge on any atom is 0.227 e. The van der Waals surface area contributed by atoms with Crippen LogP contribution in [-0.4, -0.2) is 36.1 Å². The Morgan fingerprint density at radius 3 is 2.62 bits per heavy atom. The molecule has 0 saturated heterocycles. The minimum atomic E-state index is 0.0558. The van der Waals surface area contributed by atoms with Crippen molar-refractivity contribution in [3.05, 3.63) is 81.3 Å². The molecular formula is C22H23ClN2O3S. The van der Waals surface area contributed by atoms with Crippen LogP contribution in [0.25, 0.3) is 0 Å². The van der Waals surface area contributed by atoms with E-state index < -0.39 is 0 Å². The van der Waals surface area contributed by atoms with Gasteiger partial charge in [0.25, 0.3) is 0 Å². The second-order valence-electron chi connectivity index (χ2n) is 6.45. The standard InChI is InChI=1S/C22H23ClN2O3S/c1-27-12-11-25(22(26)13-17-5-3-2-4-6-17)14-19-16-29-21(24-19)15-28-20-9-7-18(23)8-10-20/h2-10,16H,11-15H2,1H3. The van der Waals surface area contributed by atoms with Crippen molar-refractivity contribution in [3.8, 4) is 5.75 Å². The maximum atomic E-state index is 12.8. The number of benzene rings is 2. The zero-order valence-corrected chi connectivity index (χ0v) is 17.8. The first-order chi connectivity index (χ1) is 14.1. The average molecular weight is 431 g/mol. The van der Waals surface area contributed by atoms with Gasteiger partial charge in [-0.05, 0) is 29.8 Å². The summed E-state index contributed by atoms with van der Waals surface area (Å²) in [6.07, 6.45) is 0.362. The van der Waals surface area contributed by atoms with E-state index in [0.29, 0.717) is 37.7 Å². The lowest BCUT2D eigenvalue weighted by Crippen LogP contribution is -2.34. The molecule has 0 atom stereocenters. The summed E-state index contributed by atoms with van der Waals surface area (Å²) < 4.78 is 10.9. The molecule has 1 heterocycles. The van der Waals surface area contributed by atoms with Crippen molar-refractivity contribution in [2.75, 3.05) is 20.3 Å². The van der Waals surface area contributed by atoms with E-state index in [0.717, 1.165) is 22.0 Å². The van der Waals surface area contributed by atoms with Crippen LogP contribution in [0, 0.1) is 0 Å². The highest BCUT2D eigenvalue weighted by molar-refractivity contribution is 7.09. The number of hydrogen-bond donors (Lipinski definition) is 0. The molecule has 0 saturated carbocycles. The third-order valence-electron chi connectivity index (χ3n) is 4.24. The van der Waals surface area contributed by atoms with E-state index >= 15 is 0 Å². The zero-order valence-electron chi connectivity index (χ0n) is 16.2. The summed E-state index contributed by atoms with van der Waals surface area (Å²) in [7, 11) is 1.63. The molecule has 152 valence electrons. The first-order valence-corrected chi connectivity index (χ1v) is 10.5. The average Bonchev–Trinajstić information content (AvgIpc) is 3.19. The number of halogens is 1. The van der Waals surface area contributed by atoms with E-state index in [1.807, 2.05) is 47.8 Å². The van der Waals surface area contributed by atoms with Crippen molar-refractivity contribution in [1.82, 2.24) is 9.88 Å². The first kappa shape index (κ1) is 21.3. The normalized spacial score (nSPS) is 10.7. The molecule has 5 nitrogen and oxygen atoms in total. The second kappa shape index (κ2) is 11.0. The third kappa shape index (κ3) is 6.85. The van der Waals surface area contributed by atoms with Crippen molar-refractivity contribution >= 4 is 28.8 Å². The van der Waals surface area contributed by atoms with Gasteiger partial charge in [-0.25, -0.2) is 4.98 Å². The molecular weight excluding hydrogens is 408 g/mol. The molecule has 0 aliphatic carbocycles. The molecule has 0 unspecified atom stereocenters. The van der Waals surface area contributed by atoms with Gasteiger partial charge in [-0.2, -0.15) is 0 Å². The highest BCUT2D eigenvalue weighted by Gasteiger charge is 2.16. The zero-order chi connectivity index (χ0) is 20.5. The van der Waals surface area contributed by atoms with E-state index in [9.17, 15) is 4.79 Å². The predicted octanol–water partition coefficient (Wildman–Crippen LogP) is 4.59. The number of nitrogens with zero attached hydrogens (tertiary/aromatic N) is 2. The van der Waals surface area contributed by atoms with E-state index in [1.165, 1.54) is 11.3 Å². The van der Waals surface area contributed by atoms with Gasteiger partial charge in [-0.1, -0.05) is 41.9 Å². The van der Waals surface area contributed by atoms with Gasteiger partial charge < -0.3 is 14.4 Å². The van der Waals surface area contributed by atoms with Gasteiger partial charge in [0.15, 0.2) is 0 Å². The van der Waals surface area contributed by atoms with Crippen molar-refractivity contribution in [2.24, 2.45) is 0 Å². The Labute approximate surface area is 179 Å². The highest BCUT2D eigenvalue weighted by atomic mass is 35.5. The summed E-state index contributed by atoms with van der Waals surface area (Å²) in [5, 5.41) is 3.50. The van der Waals surface area contributed by atoms with Crippen LogP contribution in [-0.2, 0) is 29.1 Å². The number of rotatable bonds is 10. The fourth-order valence-electron chi connectivity index (χ4n) is 2.73. The van der Waals surface area contributed by atoms with E-state index in [-0.39, 0.29) is 5.91 Å². The lowest BCUT2D eigenvalue weighted by Gasteiger charge is -2.21. The Bertz CT molecular complexity index is 900. The van der Waals surface area contributed by atoms with Crippen molar-refractivity contribution in [2.45, 2.75) is 19.6 Å². The lowest BCUT2D eigenvalue weighted by atomic mass is 10.1. The van der Waals surface area contributed by atoms with Gasteiger partial charge in [-0.15, -0.1) is 11.3 Å². The predicted molar refractivity (Wildman–Crippen MR) is 115 cm³/mol. The second-order valence-corrected chi connectivity index (χ2v) is 7.82. The molecule has 1 aromatic heterocycles. The minimum absolute atomic E-state index is 0.0558. The quantitative estimate of drug-likeness (QED) is 0.472. The number of methoxy groups -OCH3 is 1. The summed E-state index contributed by atoms with van der Waals surface area (Å²) in [6, 6.07) is 17.0. The highest BCUT2D eigenvalue weighted by Crippen LogP contribution is 2.19. The smallest absolute Gasteiger partial charge is 0.227 e. The minimum Gasteiger partial charge on any atom is -0.486 e. The number of aromatic nitrogens is 1. The number of amides is 1. The molecule has 0 aliphatic rings. The van der Waals surface area contributed by atoms with Crippen LogP contribution in [0.4, 0.5) is 0 Å². The van der Waals surface area contributed by atoms with Crippen LogP contribution in [0.15, 0.2) is 60.0 Å². The van der Waals surface area contributed by atoms with Crippen LogP contribution in [0.5, 0.6) is 5.75 Å². The van der Waals surface area contributed by atoms with E-state index in [1.54, 1.807) is 24.1 Å². The molecule has 3 aromatic rings. The summed E-state index contributed by atoms with van der Waals surface area (Å²) in [4.78, 5) is 19.2. The van der Waals surface area contributed by atoms with Gasteiger partial charge >= 0.3 is 0 Å². The first-order valence-electron chi connectivity index (χ1n) is 9.26. The third-order valence-corrected chi connectivity index (χ3v) is 5.37. The summed E-state index contributed by atoms with van der Waals surface area (Å²) in [5.41, 5.74) is 1.84. The topological polar surface area (TPSA) is 51.7 Å². The van der Waals surface area contributed by atoms with Crippen molar-refractivity contribution < 1.29 is 14.3 Å². The molecule has 0 N–H and O–H groups in total. The van der Waals surface area contributed by atoms with Crippen molar-refractivity contribution in [3.63, 3.8) is 0 Å². The van der Waals surface area contributed by atoms with Gasteiger partial charge in [0.1, 0.15) is 17.4 Å². The van der Waals surface area contributed by atoms with Gasteiger partial charge in [0.05, 0.1) is 25.3 Å². The molecule has 7 heteroatoms. The molecule has 29 heavy (non-hydrogen) atoms. The SMILES string of the molecule is COCCN(Cc1csc(COc2ccc(Cl)cc2)n1)C(=O)Cc1ccccc1. The maximum absolute atomic E-state index is 12.8. The van der Waals surface area contributed by atoms with Crippen molar-refractivity contribution in [1.29, 1.82) is 0 Å². The number of carbonyl (C=O) groups is 1. The number of carbonyl (C=O) groups excluding carboxylic acids is 1. The van der Waals surface area contributed by atoms with E-state index in [4.69, 9.17) is 21.1 Å². The summed E-state index contributed by atoms with van der Waals surface area (Å²) >= 11 is 7.41. The van der Waals surface area contributed by atoms with Crippen LogP contribution >= 0.6 is 22.9 Å². The summed E-state index contributed by atoms with van der Waals surface area (Å²) in [6.45, 7) is 1.84.